The molecule has 7 nitrogen and oxygen atoms in total. The number of aliphatic hydroxyl groups is 1. The Bertz CT molecular complexity index is 1330. The predicted octanol–water partition coefficient (Wildman–Crippen LogP) is 4.82. The highest BCUT2D eigenvalue weighted by Crippen LogP contribution is 2.42. The van der Waals surface area contributed by atoms with Crippen LogP contribution in [0.1, 0.15) is 27.5 Å². The van der Waals surface area contributed by atoms with Gasteiger partial charge in [-0.15, -0.1) is 0 Å². The van der Waals surface area contributed by atoms with Crippen molar-refractivity contribution in [1.82, 2.24) is 0 Å². The quantitative estimate of drug-likeness (QED) is 0.239. The standard InChI is InChI=1S/C27H23ClN2O5/c1-29(2)20-13-9-16(10-14-20)23-22(24(31)17-7-11-19(28)12-8-17)25(32)26(33)30(23)21-6-4-5-18(15-21)27(34)35-3/h4-15,23,31H,1-3H3/b24-22+. The summed E-state index contributed by atoms with van der Waals surface area (Å²) in [4.78, 5) is 41.9. The van der Waals surface area contributed by atoms with Crippen molar-refractivity contribution in [2.24, 2.45) is 0 Å². The SMILES string of the molecule is COC(=O)c1cccc(N2C(=O)C(=O)/C(=C(/O)c3ccc(Cl)cc3)C2c2ccc(N(C)C)cc2)c1. The number of hydrogen-bond donors (Lipinski definition) is 1. The molecular formula is C27H23ClN2O5. The molecule has 3 aromatic carbocycles. The topological polar surface area (TPSA) is 87.1 Å². The number of esters is 1. The van der Waals surface area contributed by atoms with Crippen LogP contribution >= 0.6 is 11.6 Å². The lowest BCUT2D eigenvalue weighted by atomic mass is 9.95. The molecule has 1 aliphatic rings. The summed E-state index contributed by atoms with van der Waals surface area (Å²) in [5.41, 5.74) is 2.40. The van der Waals surface area contributed by atoms with Crippen molar-refractivity contribution in [3.8, 4) is 0 Å². The number of amides is 1. The molecule has 0 radical (unpaired) electrons. The molecule has 1 heterocycles. The highest BCUT2D eigenvalue weighted by molar-refractivity contribution is 6.51. The smallest absolute Gasteiger partial charge is 0.337 e. The maximum atomic E-state index is 13.3. The molecule has 178 valence electrons. The van der Waals surface area contributed by atoms with Gasteiger partial charge in [0.2, 0.25) is 0 Å². The van der Waals surface area contributed by atoms with Crippen molar-refractivity contribution in [2.45, 2.75) is 6.04 Å². The zero-order chi connectivity index (χ0) is 25.3. The number of hydrogen-bond acceptors (Lipinski definition) is 6. The van der Waals surface area contributed by atoms with E-state index in [1.807, 2.05) is 31.1 Å². The third-order valence-electron chi connectivity index (χ3n) is 5.83. The summed E-state index contributed by atoms with van der Waals surface area (Å²) in [6.07, 6.45) is 0. The van der Waals surface area contributed by atoms with Gasteiger partial charge in [-0.25, -0.2) is 4.79 Å². The largest absolute Gasteiger partial charge is 0.507 e. The average molecular weight is 491 g/mol. The lowest BCUT2D eigenvalue weighted by molar-refractivity contribution is -0.132. The van der Waals surface area contributed by atoms with Crippen molar-refractivity contribution >= 4 is 46.4 Å². The van der Waals surface area contributed by atoms with Crippen LogP contribution in [0.2, 0.25) is 5.02 Å². The summed E-state index contributed by atoms with van der Waals surface area (Å²) in [5, 5.41) is 11.6. The number of Topliss-reactive ketones (excluding diaryl/α,β-unsaturated/α-hetero) is 1. The molecule has 1 atom stereocenters. The minimum absolute atomic E-state index is 0.0570. The molecule has 0 saturated carbocycles. The average Bonchev–Trinajstić information content (AvgIpc) is 3.14. The molecule has 1 N–H and O–H groups in total. The maximum Gasteiger partial charge on any atom is 0.337 e. The van der Waals surface area contributed by atoms with E-state index in [2.05, 4.69) is 0 Å². The number of benzene rings is 3. The Labute approximate surface area is 207 Å². The van der Waals surface area contributed by atoms with Crippen molar-refractivity contribution in [3.05, 3.63) is 100 Å². The monoisotopic (exact) mass is 490 g/mol. The number of anilines is 2. The molecule has 1 saturated heterocycles. The van der Waals surface area contributed by atoms with Crippen molar-refractivity contribution in [2.75, 3.05) is 31.0 Å². The maximum absolute atomic E-state index is 13.3. The first-order valence-electron chi connectivity index (χ1n) is 10.8. The number of ketones is 1. The van der Waals surface area contributed by atoms with Gasteiger partial charge in [-0.2, -0.15) is 0 Å². The minimum Gasteiger partial charge on any atom is -0.507 e. The van der Waals surface area contributed by atoms with Crippen LogP contribution in [0.4, 0.5) is 11.4 Å². The normalized spacial score (nSPS) is 16.9. The van der Waals surface area contributed by atoms with Gasteiger partial charge in [-0.05, 0) is 60.2 Å². The summed E-state index contributed by atoms with van der Waals surface area (Å²) in [5.74, 6) is -2.53. The van der Waals surface area contributed by atoms with Crippen LogP contribution in [0.5, 0.6) is 0 Å². The molecule has 1 amide bonds. The molecule has 0 aromatic heterocycles. The fraction of sp³-hybridized carbons (Fsp3) is 0.148. The summed E-state index contributed by atoms with van der Waals surface area (Å²) >= 11 is 5.98. The van der Waals surface area contributed by atoms with E-state index in [4.69, 9.17) is 16.3 Å². The van der Waals surface area contributed by atoms with Gasteiger partial charge in [0.25, 0.3) is 11.7 Å². The Balaban J connectivity index is 1.92. The van der Waals surface area contributed by atoms with Gasteiger partial charge in [-0.1, -0.05) is 29.8 Å². The van der Waals surface area contributed by atoms with Crippen molar-refractivity contribution < 1.29 is 24.2 Å². The third-order valence-corrected chi connectivity index (χ3v) is 6.08. The van der Waals surface area contributed by atoms with Gasteiger partial charge in [0.1, 0.15) is 5.76 Å². The molecular weight excluding hydrogens is 468 g/mol. The van der Waals surface area contributed by atoms with Crippen molar-refractivity contribution in [3.63, 3.8) is 0 Å². The Hall–Kier alpha value is -4.10. The van der Waals surface area contributed by atoms with E-state index >= 15 is 0 Å². The Kier molecular flexibility index (Phi) is 6.62. The first kappa shape index (κ1) is 24.0. The number of carbonyl (C=O) groups excluding carboxylic acids is 3. The van der Waals surface area contributed by atoms with Gasteiger partial charge in [0.15, 0.2) is 0 Å². The van der Waals surface area contributed by atoms with Crippen LogP contribution in [-0.2, 0) is 14.3 Å². The molecule has 35 heavy (non-hydrogen) atoms. The van der Waals surface area contributed by atoms with Crippen LogP contribution in [0.3, 0.4) is 0 Å². The first-order valence-corrected chi connectivity index (χ1v) is 11.1. The Morgan fingerprint density at radius 3 is 2.23 bits per heavy atom. The van der Waals surface area contributed by atoms with Crippen molar-refractivity contribution in [1.29, 1.82) is 0 Å². The number of methoxy groups -OCH3 is 1. The number of nitrogens with zero attached hydrogens (tertiary/aromatic N) is 2. The summed E-state index contributed by atoms with van der Waals surface area (Å²) in [7, 11) is 5.07. The van der Waals surface area contributed by atoms with E-state index in [0.29, 0.717) is 21.8 Å². The zero-order valence-electron chi connectivity index (χ0n) is 19.4. The predicted molar refractivity (Wildman–Crippen MR) is 135 cm³/mol. The van der Waals surface area contributed by atoms with Gasteiger partial charge < -0.3 is 14.7 Å². The Morgan fingerprint density at radius 1 is 0.971 bits per heavy atom. The number of rotatable bonds is 5. The minimum atomic E-state index is -0.921. The van der Waals surface area contributed by atoms with E-state index in [1.165, 1.54) is 18.1 Å². The van der Waals surface area contributed by atoms with Crippen LogP contribution in [0.25, 0.3) is 5.76 Å². The number of aliphatic hydroxyl groups excluding tert-OH is 1. The molecule has 3 aromatic rings. The second-order valence-electron chi connectivity index (χ2n) is 8.20. The molecule has 8 heteroatoms. The van der Waals surface area contributed by atoms with E-state index in [-0.39, 0.29) is 16.9 Å². The molecule has 0 aliphatic carbocycles. The summed E-state index contributed by atoms with van der Waals surface area (Å²) in [6, 6.07) is 19.0. The summed E-state index contributed by atoms with van der Waals surface area (Å²) in [6.45, 7) is 0. The number of carbonyl (C=O) groups is 3. The molecule has 0 bridgehead atoms. The van der Waals surface area contributed by atoms with Crippen LogP contribution in [0, 0.1) is 0 Å². The molecule has 1 aliphatic heterocycles. The van der Waals surface area contributed by atoms with Gasteiger partial charge in [-0.3, -0.25) is 14.5 Å². The van der Waals surface area contributed by atoms with Gasteiger partial charge >= 0.3 is 5.97 Å². The second-order valence-corrected chi connectivity index (χ2v) is 8.64. The van der Waals surface area contributed by atoms with E-state index < -0.39 is 23.7 Å². The lowest BCUT2D eigenvalue weighted by Gasteiger charge is -2.26. The van der Waals surface area contributed by atoms with Crippen LogP contribution in [-0.4, -0.2) is 44.0 Å². The number of halogens is 1. The zero-order valence-corrected chi connectivity index (χ0v) is 20.1. The third kappa shape index (κ3) is 4.50. The number of ether oxygens (including phenoxy) is 1. The lowest BCUT2D eigenvalue weighted by Crippen LogP contribution is -2.29. The van der Waals surface area contributed by atoms with Crippen LogP contribution in [0.15, 0.2) is 78.4 Å². The van der Waals surface area contributed by atoms with Gasteiger partial charge in [0, 0.05) is 36.1 Å². The second kappa shape index (κ2) is 9.64. The van der Waals surface area contributed by atoms with Gasteiger partial charge in [0.05, 0.1) is 24.3 Å². The molecule has 1 fully saturated rings. The first-order chi connectivity index (χ1) is 16.7. The highest BCUT2D eigenvalue weighted by Gasteiger charge is 2.47. The van der Waals surface area contributed by atoms with E-state index in [9.17, 15) is 19.5 Å². The summed E-state index contributed by atoms with van der Waals surface area (Å²) < 4.78 is 4.80. The Morgan fingerprint density at radius 2 is 1.63 bits per heavy atom. The molecule has 4 rings (SSSR count). The fourth-order valence-electron chi connectivity index (χ4n) is 4.03. The molecule has 1 unspecified atom stereocenters. The van der Waals surface area contributed by atoms with E-state index in [1.54, 1.807) is 54.6 Å². The van der Waals surface area contributed by atoms with Crippen LogP contribution < -0.4 is 9.80 Å². The van der Waals surface area contributed by atoms with E-state index in [0.717, 1.165) is 5.69 Å². The highest BCUT2D eigenvalue weighted by atomic mass is 35.5. The fourth-order valence-corrected chi connectivity index (χ4v) is 4.16. The molecule has 0 spiro atoms.